The molecule has 0 saturated heterocycles. The summed E-state index contributed by atoms with van der Waals surface area (Å²) in [5.74, 6) is -2.17. The molecular formula is C50H82N8O7. The zero-order valence-corrected chi connectivity index (χ0v) is 39.8. The van der Waals surface area contributed by atoms with Crippen LogP contribution in [0, 0.1) is 0 Å². The van der Waals surface area contributed by atoms with Crippen LogP contribution in [0.5, 0.6) is 0 Å². The number of carbonyl (C=O) groups is 3. The smallest absolute Gasteiger partial charge is 0.326 e. The van der Waals surface area contributed by atoms with E-state index in [4.69, 9.17) is 15.2 Å². The van der Waals surface area contributed by atoms with Crippen molar-refractivity contribution in [2.75, 3.05) is 37.4 Å². The minimum Gasteiger partial charge on any atom is -0.480 e. The Labute approximate surface area is 388 Å². The Hall–Kier alpha value is -4.63. The predicted molar refractivity (Wildman–Crippen MR) is 260 cm³/mol. The number of aromatic amines is 1. The van der Waals surface area contributed by atoms with Crippen molar-refractivity contribution in [1.29, 1.82) is 0 Å². The number of nitrogens with two attached hydrogens (primary N) is 1. The number of unbranched alkanes of at least 4 members (excludes halogenated alkanes) is 22. The second kappa shape index (κ2) is 34.7. The molecule has 364 valence electrons. The van der Waals surface area contributed by atoms with Gasteiger partial charge in [-0.15, -0.1) is 0 Å². The lowest BCUT2D eigenvalue weighted by Crippen LogP contribution is -2.42. The maximum Gasteiger partial charge on any atom is 0.326 e. The number of aliphatic carboxylic acids is 1. The molecule has 15 heteroatoms. The number of carboxylic acids is 1. The third kappa shape index (κ3) is 25.0. The highest BCUT2D eigenvalue weighted by Crippen LogP contribution is 2.15. The number of nitrogens with one attached hydrogen (secondary N) is 4. The summed E-state index contributed by atoms with van der Waals surface area (Å²) in [6.45, 7) is 6.64. The molecule has 0 radical (unpaired) electrons. The van der Waals surface area contributed by atoms with E-state index in [1.165, 1.54) is 135 Å². The third-order valence-electron chi connectivity index (χ3n) is 11.7. The molecule has 0 saturated carbocycles. The molecule has 2 unspecified atom stereocenters. The molecule has 0 aliphatic carbocycles. The number of amides is 2. The summed E-state index contributed by atoms with van der Waals surface area (Å²) in [6, 6.07) is 5.19. The maximum absolute atomic E-state index is 13.0. The molecule has 3 aromatic rings. The largest absolute Gasteiger partial charge is 0.480 e. The highest BCUT2D eigenvalue weighted by Gasteiger charge is 2.22. The predicted octanol–water partition coefficient (Wildman–Crippen LogP) is 9.79. The van der Waals surface area contributed by atoms with E-state index in [9.17, 15) is 24.3 Å². The number of benzene rings is 1. The van der Waals surface area contributed by atoms with Crippen LogP contribution in [0.25, 0.3) is 11.2 Å². The highest BCUT2D eigenvalue weighted by atomic mass is 16.5. The normalized spacial score (nSPS) is 12.3. The van der Waals surface area contributed by atoms with Crippen molar-refractivity contribution in [2.24, 2.45) is 0 Å². The van der Waals surface area contributed by atoms with E-state index < -0.39 is 23.5 Å². The average molecular weight is 907 g/mol. The Morgan fingerprint density at radius 2 is 1.28 bits per heavy atom. The second-order valence-corrected chi connectivity index (χ2v) is 17.5. The van der Waals surface area contributed by atoms with Crippen LogP contribution in [0.2, 0.25) is 0 Å². The summed E-state index contributed by atoms with van der Waals surface area (Å²) in [4.78, 5) is 65.1. The number of ether oxygens (including phenoxy) is 2. The zero-order valence-electron chi connectivity index (χ0n) is 39.8. The van der Waals surface area contributed by atoms with Crippen molar-refractivity contribution in [3.8, 4) is 0 Å². The molecule has 65 heavy (non-hydrogen) atoms. The Morgan fingerprint density at radius 3 is 1.83 bits per heavy atom. The quantitative estimate of drug-likeness (QED) is 0.0294. The van der Waals surface area contributed by atoms with Gasteiger partial charge in [-0.2, -0.15) is 4.98 Å². The van der Waals surface area contributed by atoms with Gasteiger partial charge in [0.05, 0.1) is 31.1 Å². The monoisotopic (exact) mass is 907 g/mol. The maximum atomic E-state index is 13.0. The number of nitrogens with zero attached hydrogens (tertiary/aromatic N) is 3. The molecule has 15 nitrogen and oxygen atoms in total. The van der Waals surface area contributed by atoms with Gasteiger partial charge in [0.2, 0.25) is 11.9 Å². The van der Waals surface area contributed by atoms with Crippen LogP contribution in [0.4, 0.5) is 11.6 Å². The Kier molecular flexibility index (Phi) is 29.2. The summed E-state index contributed by atoms with van der Waals surface area (Å²) < 4.78 is 12.2. The summed E-state index contributed by atoms with van der Waals surface area (Å²) >= 11 is 0. The number of nitrogen functional groups attached to an aromatic ring is 1. The van der Waals surface area contributed by atoms with Gasteiger partial charge in [-0.05, 0) is 43.5 Å². The number of aromatic nitrogens is 4. The fourth-order valence-electron chi connectivity index (χ4n) is 7.70. The third-order valence-corrected chi connectivity index (χ3v) is 11.7. The number of fused-ring (bicyclic) bond motifs is 1. The number of anilines is 2. The van der Waals surface area contributed by atoms with Crippen LogP contribution in [0.3, 0.4) is 0 Å². The highest BCUT2D eigenvalue weighted by molar-refractivity contribution is 5.97. The number of carboxylic acid groups (broad SMARTS) is 1. The lowest BCUT2D eigenvalue weighted by atomic mass is 10.1. The van der Waals surface area contributed by atoms with Gasteiger partial charge in [-0.3, -0.25) is 19.4 Å². The van der Waals surface area contributed by atoms with E-state index in [1.807, 2.05) is 0 Å². The van der Waals surface area contributed by atoms with Gasteiger partial charge in [-0.25, -0.2) is 14.8 Å². The Bertz CT molecular complexity index is 1810. The molecule has 7 N–H and O–H groups in total. The first kappa shape index (κ1) is 54.7. The van der Waals surface area contributed by atoms with E-state index in [0.29, 0.717) is 31.2 Å². The molecule has 2 atom stereocenters. The van der Waals surface area contributed by atoms with Crippen molar-refractivity contribution in [3.63, 3.8) is 0 Å². The first-order valence-electron chi connectivity index (χ1n) is 25.0. The fourth-order valence-corrected chi connectivity index (χ4v) is 7.70. The van der Waals surface area contributed by atoms with Crippen LogP contribution in [0.15, 0.2) is 35.3 Å². The van der Waals surface area contributed by atoms with E-state index in [0.717, 1.165) is 25.7 Å². The molecule has 1 aromatic carbocycles. The molecule has 0 aliphatic rings. The fraction of sp³-hybridized carbons (Fsp3) is 0.700. The molecular weight excluding hydrogens is 825 g/mol. The van der Waals surface area contributed by atoms with Crippen LogP contribution in [-0.4, -0.2) is 81.3 Å². The van der Waals surface area contributed by atoms with Gasteiger partial charge in [0.25, 0.3) is 11.5 Å². The lowest BCUT2D eigenvalue weighted by molar-refractivity contribution is -0.139. The van der Waals surface area contributed by atoms with Crippen molar-refractivity contribution in [3.05, 3.63) is 52.1 Å². The number of carbonyl (C=O) groups excluding carboxylic acids is 2. The van der Waals surface area contributed by atoms with Crippen molar-refractivity contribution in [1.82, 2.24) is 30.6 Å². The first-order valence-corrected chi connectivity index (χ1v) is 25.0. The number of rotatable bonds is 40. The van der Waals surface area contributed by atoms with Crippen LogP contribution in [0.1, 0.15) is 197 Å². The molecule has 0 bridgehead atoms. The van der Waals surface area contributed by atoms with Crippen LogP contribution < -0.4 is 27.2 Å². The first-order chi connectivity index (χ1) is 31.7. The zero-order chi connectivity index (χ0) is 46.7. The topological polar surface area (TPSA) is 224 Å². The summed E-state index contributed by atoms with van der Waals surface area (Å²) in [5, 5.41) is 18.5. The van der Waals surface area contributed by atoms with Gasteiger partial charge in [-0.1, -0.05) is 155 Å². The van der Waals surface area contributed by atoms with Crippen LogP contribution in [-0.2, 0) is 25.6 Å². The molecule has 3 rings (SSSR count). The van der Waals surface area contributed by atoms with Crippen LogP contribution >= 0.6 is 0 Å². The van der Waals surface area contributed by atoms with E-state index >= 15 is 0 Å². The van der Waals surface area contributed by atoms with E-state index in [1.54, 1.807) is 24.3 Å². The van der Waals surface area contributed by atoms with Crippen molar-refractivity contribution >= 4 is 40.6 Å². The molecule has 0 spiro atoms. The number of hydrogen-bond donors (Lipinski definition) is 6. The Balaban J connectivity index is 1.37. The molecule has 0 fully saturated rings. The SMILES string of the molecule is CCCCCCCCCCCCCCOCC(CNC(=O)CCC(NC(=O)c1ccc(NCc2cnc3nc(N)[nH]c(=O)c3n2)cc1)C(=O)O)OCCCCCCCCCCCCCC. The average Bonchev–Trinajstić information content (AvgIpc) is 3.30. The van der Waals surface area contributed by atoms with Gasteiger partial charge in [0, 0.05) is 37.4 Å². The minimum atomic E-state index is -1.26. The number of H-pyrrole nitrogens is 1. The summed E-state index contributed by atoms with van der Waals surface area (Å²) in [7, 11) is 0. The number of hydrogen-bond acceptors (Lipinski definition) is 11. The van der Waals surface area contributed by atoms with Gasteiger partial charge in [0.15, 0.2) is 11.2 Å². The molecule has 2 amide bonds. The van der Waals surface area contributed by atoms with Gasteiger partial charge >= 0.3 is 5.97 Å². The van der Waals surface area contributed by atoms with Crippen molar-refractivity contribution in [2.45, 2.75) is 199 Å². The Morgan fingerprint density at radius 1 is 0.738 bits per heavy atom. The van der Waals surface area contributed by atoms with E-state index in [-0.39, 0.29) is 60.6 Å². The minimum absolute atomic E-state index is 0.0437. The van der Waals surface area contributed by atoms with E-state index in [2.05, 4.69) is 49.7 Å². The van der Waals surface area contributed by atoms with Crippen molar-refractivity contribution < 1.29 is 29.0 Å². The van der Waals surface area contributed by atoms with Gasteiger partial charge < -0.3 is 36.3 Å². The molecule has 2 aromatic heterocycles. The molecule has 2 heterocycles. The van der Waals surface area contributed by atoms with Gasteiger partial charge in [0.1, 0.15) is 6.04 Å². The summed E-state index contributed by atoms with van der Waals surface area (Å²) in [5.41, 5.74) is 6.70. The molecule has 0 aliphatic heterocycles. The summed E-state index contributed by atoms with van der Waals surface area (Å²) in [6.07, 6.45) is 31.6. The standard InChI is InChI=1S/C50H82N8O7/c1-3-5-7-9-11-13-15-17-19-21-23-25-33-64-38-42(65-34-26-24-22-20-18-16-14-12-10-8-6-4-2)37-53-44(59)32-31-43(49(62)63)56-47(60)39-27-29-40(30-28-39)52-35-41-36-54-46-45(55-41)48(61)58-50(51)57-46/h27-30,36,42-43,52H,3-26,31-35,37-38H2,1-2H3,(H,53,59)(H,56,60)(H,62,63)(H3,51,54,57,58,61). The lowest BCUT2D eigenvalue weighted by Gasteiger charge is -2.19. The second-order valence-electron chi connectivity index (χ2n) is 17.5.